The highest BCUT2D eigenvalue weighted by molar-refractivity contribution is 5.72. The summed E-state index contributed by atoms with van der Waals surface area (Å²) in [6, 6.07) is 0. The van der Waals surface area contributed by atoms with Crippen molar-refractivity contribution in [2.45, 2.75) is 13.5 Å². The van der Waals surface area contributed by atoms with Crippen LogP contribution in [0.3, 0.4) is 0 Å². The summed E-state index contributed by atoms with van der Waals surface area (Å²) in [5.74, 6) is -0.622. The zero-order valence-electron chi connectivity index (χ0n) is 10.9. The number of hydrogen-bond donors (Lipinski definition) is 0. The molecule has 0 saturated heterocycles. The first-order valence-electron chi connectivity index (χ1n) is 5.73. The molecule has 2 aromatic rings. The fourth-order valence-corrected chi connectivity index (χ4v) is 1.87. The Morgan fingerprint density at radius 3 is 2.68 bits per heavy atom. The SMILES string of the molecule is CCOC(=O)Cn1c(=O)c2c(ncn2C)n(C)c1=O. The second kappa shape index (κ2) is 4.71. The first-order valence-corrected chi connectivity index (χ1v) is 5.73. The smallest absolute Gasteiger partial charge is 0.333 e. The van der Waals surface area contributed by atoms with Gasteiger partial charge in [-0.25, -0.2) is 14.3 Å². The van der Waals surface area contributed by atoms with Gasteiger partial charge in [0.1, 0.15) is 6.54 Å². The van der Waals surface area contributed by atoms with E-state index < -0.39 is 23.8 Å². The molecular weight excluding hydrogens is 252 g/mol. The van der Waals surface area contributed by atoms with Crippen molar-refractivity contribution in [3.8, 4) is 0 Å². The van der Waals surface area contributed by atoms with Crippen LogP contribution in [0.15, 0.2) is 15.9 Å². The normalized spacial score (nSPS) is 10.9. The molecule has 102 valence electrons. The highest BCUT2D eigenvalue weighted by Crippen LogP contribution is 2.02. The quantitative estimate of drug-likeness (QED) is 0.665. The Morgan fingerprint density at radius 2 is 2.05 bits per heavy atom. The second-order valence-corrected chi connectivity index (χ2v) is 4.07. The molecule has 2 rings (SSSR count). The van der Waals surface area contributed by atoms with E-state index in [9.17, 15) is 14.4 Å². The van der Waals surface area contributed by atoms with E-state index in [0.29, 0.717) is 0 Å². The van der Waals surface area contributed by atoms with Gasteiger partial charge in [-0.2, -0.15) is 0 Å². The number of ether oxygens (including phenoxy) is 1. The number of imidazole rings is 1. The number of nitrogens with zero attached hydrogens (tertiary/aromatic N) is 4. The van der Waals surface area contributed by atoms with Gasteiger partial charge in [0.25, 0.3) is 5.56 Å². The van der Waals surface area contributed by atoms with Gasteiger partial charge in [-0.05, 0) is 6.92 Å². The van der Waals surface area contributed by atoms with Gasteiger partial charge in [0, 0.05) is 14.1 Å². The van der Waals surface area contributed by atoms with Crippen molar-refractivity contribution in [2.75, 3.05) is 6.61 Å². The minimum Gasteiger partial charge on any atom is -0.465 e. The molecule has 0 aliphatic carbocycles. The molecule has 0 aromatic carbocycles. The van der Waals surface area contributed by atoms with Crippen LogP contribution in [0.25, 0.3) is 11.2 Å². The fourth-order valence-electron chi connectivity index (χ4n) is 1.87. The van der Waals surface area contributed by atoms with Crippen molar-refractivity contribution in [2.24, 2.45) is 14.1 Å². The number of aryl methyl sites for hydroxylation is 2. The van der Waals surface area contributed by atoms with Crippen LogP contribution in [-0.2, 0) is 30.2 Å². The molecule has 0 N–H and O–H groups in total. The molecule has 0 atom stereocenters. The Kier molecular flexibility index (Phi) is 3.24. The molecule has 0 spiro atoms. The Labute approximate surface area is 107 Å². The summed E-state index contributed by atoms with van der Waals surface area (Å²) < 4.78 is 8.34. The molecular formula is C11H14N4O4. The number of carbonyl (C=O) groups excluding carboxylic acids is 1. The van der Waals surface area contributed by atoms with Crippen molar-refractivity contribution >= 4 is 17.1 Å². The van der Waals surface area contributed by atoms with E-state index >= 15 is 0 Å². The molecule has 2 heterocycles. The Hall–Kier alpha value is -2.38. The van der Waals surface area contributed by atoms with E-state index in [2.05, 4.69) is 4.98 Å². The van der Waals surface area contributed by atoms with E-state index in [4.69, 9.17) is 4.74 Å². The van der Waals surface area contributed by atoms with Crippen molar-refractivity contribution < 1.29 is 9.53 Å². The lowest BCUT2D eigenvalue weighted by Gasteiger charge is -2.07. The van der Waals surface area contributed by atoms with Crippen LogP contribution in [0.1, 0.15) is 6.92 Å². The molecule has 0 fully saturated rings. The third-order valence-electron chi connectivity index (χ3n) is 2.79. The fraction of sp³-hybridized carbons (Fsp3) is 0.455. The van der Waals surface area contributed by atoms with Crippen LogP contribution >= 0.6 is 0 Å². The molecule has 0 aliphatic rings. The van der Waals surface area contributed by atoms with E-state index in [1.807, 2.05) is 0 Å². The van der Waals surface area contributed by atoms with E-state index in [0.717, 1.165) is 4.57 Å². The van der Waals surface area contributed by atoms with Gasteiger partial charge in [0.15, 0.2) is 11.2 Å². The van der Waals surface area contributed by atoms with Gasteiger partial charge in [-0.15, -0.1) is 0 Å². The standard InChI is InChI=1S/C11H14N4O4/c1-4-19-7(16)5-15-10(17)8-9(12-6-13(8)2)14(3)11(15)18/h6H,4-5H2,1-3H3. The third-order valence-corrected chi connectivity index (χ3v) is 2.79. The lowest BCUT2D eigenvalue weighted by atomic mass is 10.5. The minimum atomic E-state index is -0.622. The van der Waals surface area contributed by atoms with Crippen molar-refractivity contribution in [1.29, 1.82) is 0 Å². The molecule has 0 aliphatic heterocycles. The van der Waals surface area contributed by atoms with Crippen molar-refractivity contribution in [3.63, 3.8) is 0 Å². The molecule has 8 heteroatoms. The number of fused-ring (bicyclic) bond motifs is 1. The molecule has 8 nitrogen and oxygen atoms in total. The van der Waals surface area contributed by atoms with Gasteiger partial charge in [0.05, 0.1) is 12.9 Å². The Bertz CT molecular complexity index is 752. The summed E-state index contributed by atoms with van der Waals surface area (Å²) in [6.07, 6.45) is 1.44. The molecule has 0 bridgehead atoms. The maximum atomic E-state index is 12.2. The average Bonchev–Trinajstić information content (AvgIpc) is 2.74. The predicted molar refractivity (Wildman–Crippen MR) is 66.8 cm³/mol. The van der Waals surface area contributed by atoms with Gasteiger partial charge >= 0.3 is 11.7 Å². The maximum absolute atomic E-state index is 12.2. The Morgan fingerprint density at radius 1 is 1.37 bits per heavy atom. The maximum Gasteiger partial charge on any atom is 0.333 e. The zero-order valence-corrected chi connectivity index (χ0v) is 10.9. The van der Waals surface area contributed by atoms with Crippen LogP contribution in [0.4, 0.5) is 0 Å². The van der Waals surface area contributed by atoms with Crippen LogP contribution in [0, 0.1) is 0 Å². The lowest BCUT2D eigenvalue weighted by molar-refractivity contribution is -0.143. The number of aromatic nitrogens is 4. The van der Waals surface area contributed by atoms with Crippen LogP contribution in [0.5, 0.6) is 0 Å². The van der Waals surface area contributed by atoms with Gasteiger partial charge in [-0.3, -0.25) is 14.2 Å². The summed E-state index contributed by atoms with van der Waals surface area (Å²) in [6.45, 7) is 1.45. The summed E-state index contributed by atoms with van der Waals surface area (Å²) in [5, 5.41) is 0. The van der Waals surface area contributed by atoms with Gasteiger partial charge in [-0.1, -0.05) is 0 Å². The summed E-state index contributed by atoms with van der Waals surface area (Å²) >= 11 is 0. The third kappa shape index (κ3) is 2.05. The van der Waals surface area contributed by atoms with Crippen molar-refractivity contribution in [1.82, 2.24) is 18.7 Å². The highest BCUT2D eigenvalue weighted by atomic mass is 16.5. The minimum absolute atomic E-state index is 0.196. The van der Waals surface area contributed by atoms with Crippen molar-refractivity contribution in [3.05, 3.63) is 27.2 Å². The van der Waals surface area contributed by atoms with Crippen LogP contribution < -0.4 is 11.2 Å². The molecule has 0 radical (unpaired) electrons. The molecule has 0 saturated carbocycles. The number of carbonyl (C=O) groups is 1. The molecule has 0 unspecified atom stereocenters. The summed E-state index contributed by atoms with van der Waals surface area (Å²) in [4.78, 5) is 39.7. The zero-order chi connectivity index (χ0) is 14.2. The molecule has 19 heavy (non-hydrogen) atoms. The van der Waals surface area contributed by atoms with Crippen LogP contribution in [-0.4, -0.2) is 31.3 Å². The summed E-state index contributed by atoms with van der Waals surface area (Å²) in [5.41, 5.74) is -0.584. The predicted octanol–water partition coefficient (Wildman–Crippen LogP) is -1.00. The lowest BCUT2D eigenvalue weighted by Crippen LogP contribution is -2.41. The number of hydrogen-bond acceptors (Lipinski definition) is 5. The van der Waals surface area contributed by atoms with E-state index in [1.165, 1.54) is 22.5 Å². The largest absolute Gasteiger partial charge is 0.465 e. The van der Waals surface area contributed by atoms with E-state index in [1.54, 1.807) is 14.0 Å². The number of esters is 1. The second-order valence-electron chi connectivity index (χ2n) is 4.07. The monoisotopic (exact) mass is 266 g/mol. The highest BCUT2D eigenvalue weighted by Gasteiger charge is 2.17. The van der Waals surface area contributed by atoms with Gasteiger partial charge < -0.3 is 9.30 Å². The average molecular weight is 266 g/mol. The van der Waals surface area contributed by atoms with Gasteiger partial charge in [0.2, 0.25) is 0 Å². The molecule has 2 aromatic heterocycles. The van der Waals surface area contributed by atoms with Crippen LogP contribution in [0.2, 0.25) is 0 Å². The van der Waals surface area contributed by atoms with E-state index in [-0.39, 0.29) is 17.8 Å². The first-order chi connectivity index (χ1) is 8.97. The number of rotatable bonds is 3. The Balaban J connectivity index is 2.68. The first kappa shape index (κ1) is 13.1. The summed E-state index contributed by atoms with van der Waals surface area (Å²) in [7, 11) is 3.15. The topological polar surface area (TPSA) is 88.1 Å². The molecule has 0 amide bonds.